The highest BCUT2D eigenvalue weighted by Crippen LogP contribution is 2.26. The lowest BCUT2D eigenvalue weighted by atomic mass is 10.0. The van der Waals surface area contributed by atoms with Crippen molar-refractivity contribution in [3.63, 3.8) is 0 Å². The van der Waals surface area contributed by atoms with Gasteiger partial charge in [0.05, 0.1) is 32.4 Å². The van der Waals surface area contributed by atoms with Crippen LogP contribution in [0.25, 0.3) is 5.57 Å². The second kappa shape index (κ2) is 12.2. The van der Waals surface area contributed by atoms with E-state index in [2.05, 4.69) is 10.1 Å². The number of hydrogen-bond donors (Lipinski definition) is 0. The zero-order valence-electron chi connectivity index (χ0n) is 19.8. The van der Waals surface area contributed by atoms with Gasteiger partial charge in [-0.25, -0.2) is 4.79 Å². The van der Waals surface area contributed by atoms with Gasteiger partial charge in [-0.1, -0.05) is 35.5 Å². The van der Waals surface area contributed by atoms with Crippen LogP contribution in [0.1, 0.15) is 33.5 Å². The van der Waals surface area contributed by atoms with Gasteiger partial charge in [-0.05, 0) is 65.9 Å². The quantitative estimate of drug-likeness (QED) is 0.139. The molecule has 34 heavy (non-hydrogen) atoms. The molecule has 3 rings (SSSR count). The van der Waals surface area contributed by atoms with Crippen LogP contribution < -0.4 is 4.74 Å². The number of benzene rings is 2. The highest BCUT2D eigenvalue weighted by Gasteiger charge is 2.17. The summed E-state index contributed by atoms with van der Waals surface area (Å²) in [5, 5.41) is 4.07. The third-order valence-corrected chi connectivity index (χ3v) is 5.10. The first kappa shape index (κ1) is 24.5. The molecular weight excluding hydrogens is 432 g/mol. The molecule has 0 spiro atoms. The fraction of sp³-hybridized carbons (Fsp3) is 0.222. The molecule has 0 aliphatic rings. The number of carbonyl (C=O) groups is 1. The van der Waals surface area contributed by atoms with Crippen LogP contribution in [0.5, 0.6) is 5.75 Å². The summed E-state index contributed by atoms with van der Waals surface area (Å²) < 4.78 is 16.1. The normalized spacial score (nSPS) is 11.4. The minimum atomic E-state index is -0.477. The molecule has 0 radical (unpaired) electrons. The number of carbonyl (C=O) groups excluding carboxylic acids is 1. The molecule has 0 unspecified atom stereocenters. The molecule has 0 saturated heterocycles. The molecule has 1 aromatic heterocycles. The van der Waals surface area contributed by atoms with Gasteiger partial charge in [0.15, 0.2) is 6.61 Å². The molecule has 7 nitrogen and oxygen atoms in total. The van der Waals surface area contributed by atoms with Crippen molar-refractivity contribution < 1.29 is 23.8 Å². The van der Waals surface area contributed by atoms with E-state index in [0.29, 0.717) is 17.7 Å². The molecule has 1 heterocycles. The van der Waals surface area contributed by atoms with Gasteiger partial charge in [0.2, 0.25) is 0 Å². The molecule has 3 aromatic rings. The predicted molar refractivity (Wildman–Crippen MR) is 130 cm³/mol. The maximum Gasteiger partial charge on any atom is 0.341 e. The van der Waals surface area contributed by atoms with E-state index in [1.807, 2.05) is 68.4 Å². The Morgan fingerprint density at radius 3 is 2.53 bits per heavy atom. The molecule has 0 atom stereocenters. The Morgan fingerprint density at radius 1 is 1.00 bits per heavy atom. The van der Waals surface area contributed by atoms with Crippen LogP contribution in [-0.4, -0.2) is 31.4 Å². The first-order valence-electron chi connectivity index (χ1n) is 10.7. The largest absolute Gasteiger partial charge is 0.503 e. The van der Waals surface area contributed by atoms with E-state index in [1.54, 1.807) is 12.4 Å². The Bertz CT molecular complexity index is 1170. The van der Waals surface area contributed by atoms with Gasteiger partial charge in [-0.3, -0.25) is 4.98 Å². The Kier molecular flexibility index (Phi) is 8.80. The molecule has 0 aliphatic heterocycles. The zero-order valence-corrected chi connectivity index (χ0v) is 19.8. The first-order chi connectivity index (χ1) is 16.5. The maximum atomic E-state index is 12.2. The molecule has 176 valence electrons. The Hall–Kier alpha value is -4.13. The lowest BCUT2D eigenvalue weighted by molar-refractivity contribution is -0.133. The smallest absolute Gasteiger partial charge is 0.341 e. The second-order valence-electron chi connectivity index (χ2n) is 7.51. The van der Waals surface area contributed by atoms with E-state index < -0.39 is 5.97 Å². The highest BCUT2D eigenvalue weighted by molar-refractivity contribution is 6.16. The van der Waals surface area contributed by atoms with Gasteiger partial charge in [0, 0.05) is 6.20 Å². The number of aryl methyl sites for hydroxylation is 2. The number of pyridine rings is 1. The van der Waals surface area contributed by atoms with E-state index >= 15 is 0 Å². The molecule has 0 amide bonds. The number of oxime groups is 1. The Balaban J connectivity index is 1.70. The number of methoxy groups -OCH3 is 2. The average Bonchev–Trinajstić information content (AvgIpc) is 2.86. The van der Waals surface area contributed by atoms with Crippen molar-refractivity contribution in [3.8, 4) is 5.75 Å². The van der Waals surface area contributed by atoms with Crippen molar-refractivity contribution in [3.05, 3.63) is 101 Å². The predicted octanol–water partition coefficient (Wildman–Crippen LogP) is 4.99. The highest BCUT2D eigenvalue weighted by atomic mass is 16.6. The molecule has 0 fully saturated rings. The number of hydrogen-bond acceptors (Lipinski definition) is 7. The zero-order chi connectivity index (χ0) is 24.3. The van der Waals surface area contributed by atoms with Crippen molar-refractivity contribution in [1.82, 2.24) is 4.98 Å². The van der Waals surface area contributed by atoms with E-state index in [9.17, 15) is 4.79 Å². The second-order valence-corrected chi connectivity index (χ2v) is 7.51. The Morgan fingerprint density at radius 2 is 1.79 bits per heavy atom. The lowest BCUT2D eigenvalue weighted by Gasteiger charge is -2.15. The van der Waals surface area contributed by atoms with Gasteiger partial charge in [-0.2, -0.15) is 0 Å². The third kappa shape index (κ3) is 6.45. The van der Waals surface area contributed by atoms with Crippen LogP contribution in [0, 0.1) is 13.8 Å². The minimum absolute atomic E-state index is 0.273. The molecule has 0 N–H and O–H groups in total. The summed E-state index contributed by atoms with van der Waals surface area (Å²) >= 11 is 0. The van der Waals surface area contributed by atoms with Crippen LogP contribution in [0.15, 0.2) is 72.2 Å². The van der Waals surface area contributed by atoms with Crippen LogP contribution in [-0.2, 0) is 32.3 Å². The third-order valence-electron chi connectivity index (χ3n) is 5.10. The van der Waals surface area contributed by atoms with Crippen LogP contribution in [0.2, 0.25) is 0 Å². The van der Waals surface area contributed by atoms with Crippen molar-refractivity contribution in [2.45, 2.75) is 27.1 Å². The summed E-state index contributed by atoms with van der Waals surface area (Å²) in [5.41, 5.74) is 5.55. The van der Waals surface area contributed by atoms with Gasteiger partial charge < -0.3 is 19.0 Å². The fourth-order valence-corrected chi connectivity index (χ4v) is 3.30. The number of aromatic nitrogens is 1. The number of rotatable bonds is 10. The molecule has 0 aliphatic carbocycles. The van der Waals surface area contributed by atoms with Gasteiger partial charge in [0.1, 0.15) is 17.9 Å². The van der Waals surface area contributed by atoms with Gasteiger partial charge >= 0.3 is 5.97 Å². The maximum absolute atomic E-state index is 12.2. The van der Waals surface area contributed by atoms with E-state index in [0.717, 1.165) is 33.7 Å². The van der Waals surface area contributed by atoms with Crippen molar-refractivity contribution in [2.24, 2.45) is 5.16 Å². The van der Waals surface area contributed by atoms with Crippen molar-refractivity contribution in [2.75, 3.05) is 14.2 Å². The number of esters is 1. The molecule has 0 bridgehead atoms. The van der Waals surface area contributed by atoms with Crippen LogP contribution in [0.3, 0.4) is 0 Å². The Labute approximate surface area is 199 Å². The summed E-state index contributed by atoms with van der Waals surface area (Å²) in [4.78, 5) is 21.8. The number of nitrogens with zero attached hydrogens (tertiary/aromatic N) is 2. The lowest BCUT2D eigenvalue weighted by Crippen LogP contribution is -2.08. The summed E-state index contributed by atoms with van der Waals surface area (Å²) in [7, 11) is 2.83. The van der Waals surface area contributed by atoms with Crippen molar-refractivity contribution in [1.29, 1.82) is 0 Å². The first-order valence-corrected chi connectivity index (χ1v) is 10.7. The van der Waals surface area contributed by atoms with E-state index in [-0.39, 0.29) is 6.61 Å². The standard InChI is InChI=1S/C27H28N2O5/c1-19-14-26(20(2)13-22(19)15-29-34-17-23-10-7-8-12-28-23)33-16-21-9-5-6-11-24(21)25(18-31-3)27(30)32-4/h5-15,18H,16-17H2,1-4H3/b25-18-,29-15+. The van der Waals surface area contributed by atoms with Crippen molar-refractivity contribution >= 4 is 17.8 Å². The summed E-state index contributed by atoms with van der Waals surface area (Å²) in [6, 6.07) is 17.1. The summed E-state index contributed by atoms with van der Waals surface area (Å²) in [6.45, 7) is 4.53. The molecule has 2 aromatic carbocycles. The molecule has 0 saturated carbocycles. The monoisotopic (exact) mass is 460 g/mol. The summed E-state index contributed by atoms with van der Waals surface area (Å²) in [6.07, 6.45) is 4.78. The summed E-state index contributed by atoms with van der Waals surface area (Å²) in [5.74, 6) is 0.268. The van der Waals surface area contributed by atoms with Gasteiger partial charge in [-0.15, -0.1) is 0 Å². The topological polar surface area (TPSA) is 79.2 Å². The number of ether oxygens (including phenoxy) is 3. The van der Waals surface area contributed by atoms with Gasteiger partial charge in [0.25, 0.3) is 0 Å². The average molecular weight is 461 g/mol. The van der Waals surface area contributed by atoms with E-state index in [4.69, 9.17) is 19.0 Å². The SMILES string of the molecule is CO/C=C(\C(=O)OC)c1ccccc1COc1cc(C)c(/C=N/OCc2ccccn2)cc1C. The molecular formula is C27H28N2O5. The fourth-order valence-electron chi connectivity index (χ4n) is 3.30. The van der Waals surface area contributed by atoms with Crippen LogP contribution in [0.4, 0.5) is 0 Å². The van der Waals surface area contributed by atoms with Crippen LogP contribution >= 0.6 is 0 Å². The minimum Gasteiger partial charge on any atom is -0.503 e. The van der Waals surface area contributed by atoms with E-state index in [1.165, 1.54) is 20.5 Å². The molecule has 7 heteroatoms.